The minimum atomic E-state index is -0.148. The smallest absolute Gasteiger partial charge is 0.265 e. The van der Waals surface area contributed by atoms with Gasteiger partial charge in [0.05, 0.1) is 10.4 Å². The van der Waals surface area contributed by atoms with Crippen LogP contribution < -0.4 is 16.5 Å². The average molecular weight is 372 g/mol. The summed E-state index contributed by atoms with van der Waals surface area (Å²) in [6.07, 6.45) is 0. The number of benzene rings is 3. The van der Waals surface area contributed by atoms with Gasteiger partial charge in [-0.05, 0) is 52.6 Å². The number of rotatable bonds is 4. The molecule has 0 unspecified atom stereocenters. The number of nitrogens with two attached hydrogens (primary N) is 2. The van der Waals surface area contributed by atoms with Gasteiger partial charge in [0.25, 0.3) is 5.91 Å². The molecule has 0 aliphatic heterocycles. The lowest BCUT2D eigenvalue weighted by atomic mass is 9.98. The first kappa shape index (κ1) is 17.0. The number of hydrogen-bond donors (Lipinski definition) is 3. The van der Waals surface area contributed by atoms with E-state index in [0.717, 1.165) is 16.3 Å². The van der Waals surface area contributed by atoms with Crippen molar-refractivity contribution in [1.82, 2.24) is 0 Å². The fourth-order valence-electron chi connectivity index (χ4n) is 2.98. The maximum Gasteiger partial charge on any atom is 0.265 e. The standard InChI is InChI=1S/C22H17N3OS/c23-19-10-9-17(25-22(26)20-6-3-11-27-20)13-18(19)21(24)16-8-7-14-4-1-2-5-15(14)12-16/h1-13,24H,23H2,(H,25,26)/p+1. The van der Waals surface area contributed by atoms with Crippen LogP contribution in [0.25, 0.3) is 10.8 Å². The van der Waals surface area contributed by atoms with Gasteiger partial charge >= 0.3 is 0 Å². The molecule has 5 N–H and O–H groups in total. The van der Waals surface area contributed by atoms with Crippen LogP contribution in [0.5, 0.6) is 0 Å². The Hall–Kier alpha value is -3.44. The van der Waals surface area contributed by atoms with Crippen molar-refractivity contribution in [1.29, 1.82) is 0 Å². The zero-order valence-corrected chi connectivity index (χ0v) is 15.3. The predicted molar refractivity (Wildman–Crippen MR) is 112 cm³/mol. The van der Waals surface area contributed by atoms with Gasteiger partial charge in [-0.15, -0.1) is 11.3 Å². The molecule has 0 spiro atoms. The molecule has 0 saturated carbocycles. The minimum absolute atomic E-state index is 0.148. The second-order valence-corrected chi connectivity index (χ2v) is 7.16. The number of fused-ring (bicyclic) bond motifs is 1. The summed E-state index contributed by atoms with van der Waals surface area (Å²) in [4.78, 5) is 12.9. The summed E-state index contributed by atoms with van der Waals surface area (Å²) in [6, 6.07) is 23.1. The summed E-state index contributed by atoms with van der Waals surface area (Å²) in [6.45, 7) is 0. The maximum absolute atomic E-state index is 12.3. The molecule has 4 rings (SSSR count). The van der Waals surface area contributed by atoms with E-state index < -0.39 is 0 Å². The number of hydrogen-bond acceptors (Lipinski definition) is 3. The normalized spacial score (nSPS) is 10.7. The van der Waals surface area contributed by atoms with Gasteiger partial charge in [-0.1, -0.05) is 36.4 Å². The molecular formula is C22H18N3OS+. The van der Waals surface area contributed by atoms with Crippen molar-refractivity contribution in [3.63, 3.8) is 0 Å². The Morgan fingerprint density at radius 2 is 1.74 bits per heavy atom. The molecule has 1 amide bonds. The van der Waals surface area contributed by atoms with Crippen LogP contribution in [0.1, 0.15) is 20.8 Å². The van der Waals surface area contributed by atoms with Crippen LogP contribution in [0, 0.1) is 0 Å². The Bertz CT molecular complexity index is 1150. The first-order chi connectivity index (χ1) is 13.1. The van der Waals surface area contributed by atoms with Gasteiger partial charge in [0, 0.05) is 16.9 Å². The molecule has 5 heteroatoms. The van der Waals surface area contributed by atoms with Gasteiger partial charge in [0.1, 0.15) is 0 Å². The number of thiophene rings is 1. The number of amides is 1. The largest absolute Gasteiger partial charge is 0.398 e. The molecular weight excluding hydrogens is 354 g/mol. The monoisotopic (exact) mass is 372 g/mol. The van der Waals surface area contributed by atoms with E-state index in [1.807, 2.05) is 53.9 Å². The Labute approximate surface area is 160 Å². The van der Waals surface area contributed by atoms with Crippen molar-refractivity contribution in [3.05, 3.63) is 94.2 Å². The van der Waals surface area contributed by atoms with Crippen molar-refractivity contribution >= 4 is 45.1 Å². The lowest BCUT2D eigenvalue weighted by Crippen LogP contribution is -2.41. The van der Waals surface area contributed by atoms with Gasteiger partial charge in [0.15, 0.2) is 0 Å². The molecule has 0 bridgehead atoms. The van der Waals surface area contributed by atoms with Gasteiger partial charge in [-0.25, -0.2) is 0 Å². The third-order valence-corrected chi connectivity index (χ3v) is 5.28. The molecule has 132 valence electrons. The second-order valence-electron chi connectivity index (χ2n) is 6.21. The molecule has 0 aliphatic rings. The summed E-state index contributed by atoms with van der Waals surface area (Å²) >= 11 is 1.40. The highest BCUT2D eigenvalue weighted by Crippen LogP contribution is 2.23. The van der Waals surface area contributed by atoms with Crippen molar-refractivity contribution in [2.24, 2.45) is 0 Å². The van der Waals surface area contributed by atoms with E-state index >= 15 is 0 Å². The van der Waals surface area contributed by atoms with E-state index in [-0.39, 0.29) is 5.91 Å². The van der Waals surface area contributed by atoms with Crippen LogP contribution in [0.15, 0.2) is 78.2 Å². The number of carbonyl (C=O) groups excluding carboxylic acids is 1. The van der Waals surface area contributed by atoms with E-state index in [2.05, 4.69) is 11.4 Å². The molecule has 27 heavy (non-hydrogen) atoms. The molecule has 3 aromatic carbocycles. The number of nitrogens with one attached hydrogen (secondary N) is 1. The Kier molecular flexibility index (Phi) is 4.44. The molecule has 0 aliphatic carbocycles. The van der Waals surface area contributed by atoms with Crippen LogP contribution in [0.4, 0.5) is 11.4 Å². The van der Waals surface area contributed by atoms with E-state index in [1.54, 1.807) is 18.2 Å². The average Bonchev–Trinajstić information content (AvgIpc) is 3.23. The summed E-state index contributed by atoms with van der Waals surface area (Å²) < 4.78 is 0. The van der Waals surface area contributed by atoms with E-state index in [9.17, 15) is 4.79 Å². The fourth-order valence-corrected chi connectivity index (χ4v) is 3.60. The summed E-state index contributed by atoms with van der Waals surface area (Å²) in [7, 11) is 0. The molecule has 4 nitrogen and oxygen atoms in total. The number of nitrogen functional groups attached to an aromatic ring is 1. The topological polar surface area (TPSA) is 80.7 Å². The Morgan fingerprint density at radius 3 is 2.52 bits per heavy atom. The number of anilines is 2. The molecule has 1 aromatic heterocycles. The predicted octanol–water partition coefficient (Wildman–Crippen LogP) is 3.33. The maximum atomic E-state index is 12.3. The minimum Gasteiger partial charge on any atom is -0.398 e. The van der Waals surface area contributed by atoms with Crippen LogP contribution in [0.3, 0.4) is 0 Å². The first-order valence-electron chi connectivity index (χ1n) is 8.48. The third-order valence-electron chi connectivity index (χ3n) is 4.41. The summed E-state index contributed by atoms with van der Waals surface area (Å²) in [5, 5.41) is 13.5. The molecule has 1 heterocycles. The summed E-state index contributed by atoms with van der Waals surface area (Å²) in [5.74, 6) is -0.148. The first-order valence-corrected chi connectivity index (χ1v) is 9.36. The lowest BCUT2D eigenvalue weighted by molar-refractivity contribution is -0.111. The van der Waals surface area contributed by atoms with Crippen molar-refractivity contribution in [2.75, 3.05) is 11.1 Å². The van der Waals surface area contributed by atoms with Crippen LogP contribution in [-0.2, 0) is 0 Å². The van der Waals surface area contributed by atoms with Gasteiger partial charge < -0.3 is 11.1 Å². The SMILES string of the molecule is Nc1ccc(NC(=O)c2cccs2)cc1C(=[NH2+])c1ccc2ccccc2c1. The third kappa shape index (κ3) is 3.45. The Morgan fingerprint density at radius 1 is 0.926 bits per heavy atom. The summed E-state index contributed by atoms with van der Waals surface area (Å²) in [5.41, 5.74) is 9.54. The fraction of sp³-hybridized carbons (Fsp3) is 0. The Balaban J connectivity index is 1.65. The lowest BCUT2D eigenvalue weighted by Gasteiger charge is -2.09. The quantitative estimate of drug-likeness (QED) is 0.379. The number of carbonyl (C=O) groups is 1. The van der Waals surface area contributed by atoms with Crippen LogP contribution >= 0.6 is 11.3 Å². The highest BCUT2D eigenvalue weighted by molar-refractivity contribution is 7.12. The van der Waals surface area contributed by atoms with Crippen LogP contribution in [-0.4, -0.2) is 11.6 Å². The molecule has 0 fully saturated rings. The molecule has 0 atom stereocenters. The van der Waals surface area contributed by atoms with Crippen molar-refractivity contribution < 1.29 is 10.2 Å². The van der Waals surface area contributed by atoms with Gasteiger partial charge in [-0.3, -0.25) is 10.2 Å². The zero-order chi connectivity index (χ0) is 18.8. The van der Waals surface area contributed by atoms with Crippen molar-refractivity contribution in [2.45, 2.75) is 0 Å². The van der Waals surface area contributed by atoms with Crippen molar-refractivity contribution in [3.8, 4) is 0 Å². The van der Waals surface area contributed by atoms with E-state index in [1.165, 1.54) is 11.3 Å². The highest BCUT2D eigenvalue weighted by Gasteiger charge is 2.16. The van der Waals surface area contributed by atoms with Gasteiger partial charge in [0.2, 0.25) is 5.71 Å². The van der Waals surface area contributed by atoms with Crippen LogP contribution in [0.2, 0.25) is 0 Å². The molecule has 0 saturated heterocycles. The molecule has 4 aromatic rings. The molecule has 0 radical (unpaired) electrons. The zero-order valence-electron chi connectivity index (χ0n) is 14.5. The second kappa shape index (κ2) is 7.05. The highest BCUT2D eigenvalue weighted by atomic mass is 32.1. The van der Waals surface area contributed by atoms with E-state index in [4.69, 9.17) is 11.1 Å². The van der Waals surface area contributed by atoms with Gasteiger partial charge in [-0.2, -0.15) is 0 Å². The van der Waals surface area contributed by atoms with E-state index in [0.29, 0.717) is 27.5 Å².